The molecule has 0 aliphatic heterocycles. The van der Waals surface area contributed by atoms with Crippen LogP contribution in [0.3, 0.4) is 0 Å². The fourth-order valence-corrected chi connectivity index (χ4v) is 4.56. The molecule has 0 radical (unpaired) electrons. The Morgan fingerprint density at radius 2 is 1.83 bits per heavy atom. The van der Waals surface area contributed by atoms with Crippen LogP contribution in [0.25, 0.3) is 22.4 Å². The topological polar surface area (TPSA) is 75.0 Å². The number of benzene rings is 2. The molecule has 2 aromatic heterocycles. The summed E-state index contributed by atoms with van der Waals surface area (Å²) >= 11 is 1.31. The van der Waals surface area contributed by atoms with Gasteiger partial charge in [-0.2, -0.15) is 9.50 Å². The summed E-state index contributed by atoms with van der Waals surface area (Å²) in [5.74, 6) is 3.25. The van der Waals surface area contributed by atoms with Gasteiger partial charge in [-0.3, -0.25) is 4.79 Å². The van der Waals surface area contributed by atoms with E-state index in [1.165, 1.54) is 22.3 Å². The molecule has 7 nitrogen and oxygen atoms in total. The minimum atomic E-state index is -0.194. The molecular weight excluding hydrogens is 474 g/mol. The van der Waals surface area contributed by atoms with E-state index in [0.717, 1.165) is 36.1 Å². The summed E-state index contributed by atoms with van der Waals surface area (Å²) in [5.41, 5.74) is 1.50. The summed E-state index contributed by atoms with van der Waals surface area (Å²) in [6.07, 6.45) is 6.17. The molecule has 0 aliphatic carbocycles. The minimum absolute atomic E-state index is 0.194. The average Bonchev–Trinajstić information content (AvgIpc) is 3.42. The Balaban J connectivity index is 1.51. The zero-order valence-electron chi connectivity index (χ0n) is 21.3. The van der Waals surface area contributed by atoms with E-state index >= 15 is 0 Å². The van der Waals surface area contributed by atoms with Gasteiger partial charge in [0.25, 0.3) is 5.56 Å². The maximum absolute atomic E-state index is 13.0. The van der Waals surface area contributed by atoms with Gasteiger partial charge < -0.3 is 14.2 Å². The fraction of sp³-hybridized carbons (Fsp3) is 0.393. The van der Waals surface area contributed by atoms with Gasteiger partial charge in [-0.25, -0.2) is 0 Å². The van der Waals surface area contributed by atoms with Crippen LogP contribution in [-0.2, 0) is 0 Å². The number of rotatable bonds is 12. The van der Waals surface area contributed by atoms with E-state index < -0.39 is 0 Å². The Hall–Kier alpha value is -3.39. The molecule has 36 heavy (non-hydrogen) atoms. The smallest absolute Gasteiger partial charge is 0.291 e. The summed E-state index contributed by atoms with van der Waals surface area (Å²) in [6, 6.07) is 13.3. The molecule has 0 amide bonds. The Morgan fingerprint density at radius 1 is 1.03 bits per heavy atom. The molecule has 0 bridgehead atoms. The summed E-state index contributed by atoms with van der Waals surface area (Å²) in [6.45, 7) is 7.84. The van der Waals surface area contributed by atoms with Crippen LogP contribution in [0.5, 0.6) is 17.2 Å². The van der Waals surface area contributed by atoms with Crippen molar-refractivity contribution in [2.24, 2.45) is 5.92 Å². The van der Waals surface area contributed by atoms with Gasteiger partial charge in [0.1, 0.15) is 5.75 Å². The van der Waals surface area contributed by atoms with Crippen molar-refractivity contribution in [2.45, 2.75) is 46.5 Å². The van der Waals surface area contributed by atoms with Crippen LogP contribution >= 0.6 is 11.3 Å². The van der Waals surface area contributed by atoms with Gasteiger partial charge in [0.2, 0.25) is 4.96 Å². The first-order valence-electron chi connectivity index (χ1n) is 12.4. The number of methoxy groups -OCH3 is 1. The Labute approximate surface area is 215 Å². The van der Waals surface area contributed by atoms with Crippen LogP contribution in [-0.4, -0.2) is 34.9 Å². The molecule has 8 heteroatoms. The van der Waals surface area contributed by atoms with Crippen molar-refractivity contribution in [1.82, 2.24) is 14.6 Å². The third kappa shape index (κ3) is 6.23. The van der Waals surface area contributed by atoms with E-state index in [2.05, 4.69) is 30.9 Å². The maximum atomic E-state index is 13.0. The molecule has 0 saturated carbocycles. The molecule has 0 saturated heterocycles. The molecule has 4 aromatic rings. The van der Waals surface area contributed by atoms with Crippen molar-refractivity contribution < 1.29 is 14.2 Å². The second-order valence-electron chi connectivity index (χ2n) is 9.07. The fourth-order valence-electron chi connectivity index (χ4n) is 3.65. The highest BCUT2D eigenvalue weighted by Gasteiger charge is 2.13. The number of aromatic nitrogens is 3. The summed E-state index contributed by atoms with van der Waals surface area (Å²) in [7, 11) is 1.61. The lowest BCUT2D eigenvalue weighted by atomic mass is 10.1. The van der Waals surface area contributed by atoms with Crippen molar-refractivity contribution in [3.05, 3.63) is 62.9 Å². The van der Waals surface area contributed by atoms with Crippen molar-refractivity contribution in [1.29, 1.82) is 0 Å². The molecular formula is C28H33N3O4S. The highest BCUT2D eigenvalue weighted by Crippen LogP contribution is 2.29. The van der Waals surface area contributed by atoms with Crippen LogP contribution in [0.2, 0.25) is 0 Å². The molecule has 2 aromatic carbocycles. The highest BCUT2D eigenvalue weighted by molar-refractivity contribution is 7.15. The van der Waals surface area contributed by atoms with E-state index in [4.69, 9.17) is 14.2 Å². The number of hydrogen-bond acceptors (Lipinski definition) is 7. The third-order valence-corrected chi connectivity index (χ3v) is 6.71. The zero-order chi connectivity index (χ0) is 25.5. The van der Waals surface area contributed by atoms with Crippen molar-refractivity contribution in [3.63, 3.8) is 0 Å². The summed E-state index contributed by atoms with van der Waals surface area (Å²) in [4.78, 5) is 18.1. The average molecular weight is 508 g/mol. The van der Waals surface area contributed by atoms with Gasteiger partial charge in [0, 0.05) is 5.56 Å². The number of unbranched alkanes of at least 4 members (excludes halogenated alkanes) is 2. The number of thiazole rings is 1. The first-order chi connectivity index (χ1) is 17.5. The lowest BCUT2D eigenvalue weighted by Gasteiger charge is -2.12. The van der Waals surface area contributed by atoms with Gasteiger partial charge in [-0.05, 0) is 66.8 Å². The van der Waals surface area contributed by atoms with Crippen LogP contribution in [0.1, 0.15) is 52.0 Å². The minimum Gasteiger partial charge on any atom is -0.494 e. The molecule has 0 fully saturated rings. The van der Waals surface area contributed by atoms with E-state index in [1.807, 2.05) is 48.5 Å². The SMILES string of the molecule is CCCCCOc1ccc(-c2nc3sc(=Cc4ccc(OCCC(C)C)c(OC)c4)c(=O)n3n2)cc1. The summed E-state index contributed by atoms with van der Waals surface area (Å²) in [5, 5.41) is 4.45. The number of fused-ring (bicyclic) bond motifs is 1. The highest BCUT2D eigenvalue weighted by atomic mass is 32.1. The first-order valence-corrected chi connectivity index (χ1v) is 13.3. The quantitative estimate of drug-likeness (QED) is 0.240. The molecule has 0 atom stereocenters. The first kappa shape index (κ1) is 25.7. The van der Waals surface area contributed by atoms with E-state index in [9.17, 15) is 4.79 Å². The summed E-state index contributed by atoms with van der Waals surface area (Å²) < 4.78 is 19.1. The molecule has 0 N–H and O–H groups in total. The predicted molar refractivity (Wildman–Crippen MR) is 144 cm³/mol. The predicted octanol–water partition coefficient (Wildman–Crippen LogP) is 5.37. The molecule has 0 aliphatic rings. The normalized spacial score (nSPS) is 12.0. The van der Waals surface area contributed by atoms with E-state index in [0.29, 0.717) is 45.9 Å². The standard InChI is InChI=1S/C28H33N3O4S/c1-5-6-7-15-34-22-11-9-21(10-12-22)26-29-28-31(30-26)27(32)25(36-28)18-20-8-13-23(24(17-20)33-4)35-16-14-19(2)3/h8-13,17-19H,5-7,14-16H2,1-4H3. The number of ether oxygens (including phenoxy) is 3. The van der Waals surface area contributed by atoms with Crippen LogP contribution in [0.4, 0.5) is 0 Å². The molecule has 0 unspecified atom stereocenters. The van der Waals surface area contributed by atoms with Crippen LogP contribution in [0.15, 0.2) is 47.3 Å². The van der Waals surface area contributed by atoms with Crippen LogP contribution < -0.4 is 24.3 Å². The second-order valence-corrected chi connectivity index (χ2v) is 10.1. The van der Waals surface area contributed by atoms with Gasteiger partial charge in [-0.1, -0.05) is 51.0 Å². The molecule has 0 spiro atoms. The largest absolute Gasteiger partial charge is 0.494 e. The van der Waals surface area contributed by atoms with Gasteiger partial charge >= 0.3 is 0 Å². The second kappa shape index (κ2) is 12.0. The molecule has 2 heterocycles. The lowest BCUT2D eigenvalue weighted by molar-refractivity contribution is 0.273. The Bertz CT molecular complexity index is 1390. The van der Waals surface area contributed by atoms with Gasteiger partial charge in [0.15, 0.2) is 17.3 Å². The lowest BCUT2D eigenvalue weighted by Crippen LogP contribution is -2.23. The van der Waals surface area contributed by atoms with Crippen molar-refractivity contribution in [3.8, 4) is 28.6 Å². The number of nitrogens with zero attached hydrogens (tertiary/aromatic N) is 3. The Morgan fingerprint density at radius 3 is 2.53 bits per heavy atom. The monoisotopic (exact) mass is 507 g/mol. The molecule has 190 valence electrons. The van der Waals surface area contributed by atoms with Gasteiger partial charge in [0.05, 0.1) is 24.9 Å². The molecule has 4 rings (SSSR count). The number of hydrogen-bond donors (Lipinski definition) is 0. The van der Waals surface area contributed by atoms with Crippen molar-refractivity contribution in [2.75, 3.05) is 20.3 Å². The zero-order valence-corrected chi connectivity index (χ0v) is 22.1. The van der Waals surface area contributed by atoms with E-state index in [1.54, 1.807) is 7.11 Å². The van der Waals surface area contributed by atoms with E-state index in [-0.39, 0.29) is 5.56 Å². The third-order valence-electron chi connectivity index (χ3n) is 5.75. The van der Waals surface area contributed by atoms with Crippen LogP contribution in [0, 0.1) is 5.92 Å². The van der Waals surface area contributed by atoms with Gasteiger partial charge in [-0.15, -0.1) is 5.10 Å². The Kier molecular flexibility index (Phi) is 8.59. The maximum Gasteiger partial charge on any atom is 0.291 e. The van der Waals surface area contributed by atoms with Crippen molar-refractivity contribution >= 4 is 22.4 Å².